The molecular weight excluding hydrogens is 399 g/mol. The maximum atomic E-state index is 10.3. The lowest BCUT2D eigenvalue weighted by molar-refractivity contribution is 0.0446. The first-order valence-corrected chi connectivity index (χ1v) is 10.1. The van der Waals surface area contributed by atoms with E-state index < -0.39 is 6.10 Å². The summed E-state index contributed by atoms with van der Waals surface area (Å²) < 4.78 is 10.8. The molecule has 0 aliphatic carbocycles. The minimum Gasteiger partial charge on any atom is -0.497 e. The lowest BCUT2D eigenvalue weighted by Gasteiger charge is -2.35. The van der Waals surface area contributed by atoms with Crippen molar-refractivity contribution in [2.24, 2.45) is 0 Å². The molecule has 1 fully saturated rings. The molecule has 7 heteroatoms. The van der Waals surface area contributed by atoms with Gasteiger partial charge in [0, 0.05) is 50.4 Å². The Balaban J connectivity index is 1.39. The van der Waals surface area contributed by atoms with Gasteiger partial charge < -0.3 is 14.6 Å². The van der Waals surface area contributed by atoms with Crippen LogP contribution in [0.4, 0.5) is 0 Å². The molecule has 1 aliphatic heterocycles. The predicted octanol–water partition coefficient (Wildman–Crippen LogP) is 3.56. The smallest absolute Gasteiger partial charge is 0.139 e. The quantitative estimate of drug-likeness (QED) is 0.701. The van der Waals surface area contributed by atoms with Crippen molar-refractivity contribution in [3.63, 3.8) is 0 Å². The van der Waals surface area contributed by atoms with E-state index in [0.717, 1.165) is 38.5 Å². The van der Waals surface area contributed by atoms with E-state index in [0.29, 0.717) is 22.3 Å². The van der Waals surface area contributed by atoms with Crippen LogP contribution in [-0.2, 0) is 6.54 Å². The molecule has 0 radical (unpaired) electrons. The highest BCUT2D eigenvalue weighted by Crippen LogP contribution is 2.27. The number of methoxy groups -OCH3 is 1. The number of aliphatic hydroxyl groups is 1. The minimum absolute atomic E-state index is 0.187. The number of aliphatic hydroxyl groups excluding tert-OH is 1. The Kier molecular flexibility index (Phi) is 7.82. The molecular formula is C21H26Cl2N2O3. The van der Waals surface area contributed by atoms with E-state index >= 15 is 0 Å². The van der Waals surface area contributed by atoms with Gasteiger partial charge in [-0.15, -0.1) is 0 Å². The normalized spacial score (nSPS) is 16.7. The number of nitrogens with zero attached hydrogens (tertiary/aromatic N) is 2. The molecule has 0 aromatic heterocycles. The number of hydrogen-bond acceptors (Lipinski definition) is 5. The molecule has 0 bridgehead atoms. The number of halogens is 2. The Morgan fingerprint density at radius 3 is 2.36 bits per heavy atom. The average molecular weight is 425 g/mol. The van der Waals surface area contributed by atoms with Crippen LogP contribution in [0.3, 0.4) is 0 Å². The Morgan fingerprint density at radius 1 is 1.00 bits per heavy atom. The van der Waals surface area contributed by atoms with E-state index in [1.807, 2.05) is 12.1 Å². The Hall–Kier alpha value is -1.50. The molecule has 0 amide bonds. The lowest BCUT2D eigenvalue weighted by atomic mass is 10.2. The molecule has 1 unspecified atom stereocenters. The van der Waals surface area contributed by atoms with Crippen LogP contribution in [-0.4, -0.2) is 67.5 Å². The zero-order chi connectivity index (χ0) is 19.9. The zero-order valence-electron chi connectivity index (χ0n) is 16.0. The highest BCUT2D eigenvalue weighted by Gasteiger charge is 2.20. The second kappa shape index (κ2) is 10.3. The topological polar surface area (TPSA) is 45.2 Å². The van der Waals surface area contributed by atoms with E-state index in [-0.39, 0.29) is 6.61 Å². The van der Waals surface area contributed by atoms with Gasteiger partial charge >= 0.3 is 0 Å². The second-order valence-corrected chi connectivity index (χ2v) is 7.81. The highest BCUT2D eigenvalue weighted by atomic mass is 35.5. The van der Waals surface area contributed by atoms with Gasteiger partial charge in [0.1, 0.15) is 24.2 Å². The van der Waals surface area contributed by atoms with E-state index in [1.165, 1.54) is 5.56 Å². The number of ether oxygens (including phenoxy) is 2. The molecule has 2 aromatic rings. The summed E-state index contributed by atoms with van der Waals surface area (Å²) in [6, 6.07) is 13.3. The first-order valence-electron chi connectivity index (χ1n) is 9.37. The van der Waals surface area contributed by atoms with Gasteiger partial charge in [0.05, 0.1) is 12.1 Å². The van der Waals surface area contributed by atoms with Gasteiger partial charge in [0.25, 0.3) is 0 Å². The van der Waals surface area contributed by atoms with Gasteiger partial charge in [-0.25, -0.2) is 0 Å². The van der Waals surface area contributed by atoms with Crippen LogP contribution in [0.15, 0.2) is 42.5 Å². The van der Waals surface area contributed by atoms with Crippen LogP contribution in [0.2, 0.25) is 10.0 Å². The predicted molar refractivity (Wildman–Crippen MR) is 113 cm³/mol. The standard InChI is InChI=1S/C21H26Cl2N2O3/c1-27-19-5-2-16(3-6-19)13-24-8-10-25(11-9-24)14-18(26)15-28-21-12-17(22)4-7-20(21)23/h2-7,12,18,26H,8-11,13-15H2,1H3. The maximum absolute atomic E-state index is 10.3. The fourth-order valence-corrected chi connectivity index (χ4v) is 3.58. The largest absolute Gasteiger partial charge is 0.497 e. The van der Waals surface area contributed by atoms with Crippen molar-refractivity contribution in [1.29, 1.82) is 0 Å². The van der Waals surface area contributed by atoms with Crippen molar-refractivity contribution < 1.29 is 14.6 Å². The molecule has 2 aromatic carbocycles. The minimum atomic E-state index is -0.580. The average Bonchev–Trinajstić information content (AvgIpc) is 2.71. The summed E-state index contributed by atoms with van der Waals surface area (Å²) >= 11 is 12.0. The van der Waals surface area contributed by atoms with E-state index in [1.54, 1.807) is 25.3 Å². The van der Waals surface area contributed by atoms with Crippen LogP contribution in [0.1, 0.15) is 5.56 Å². The van der Waals surface area contributed by atoms with Gasteiger partial charge in [-0.1, -0.05) is 35.3 Å². The summed E-state index contributed by atoms with van der Waals surface area (Å²) in [4.78, 5) is 4.69. The summed E-state index contributed by atoms with van der Waals surface area (Å²) in [6.45, 7) is 5.48. The molecule has 28 heavy (non-hydrogen) atoms. The summed E-state index contributed by atoms with van der Waals surface area (Å²) in [5.41, 5.74) is 1.28. The third-order valence-corrected chi connectivity index (χ3v) is 5.37. The van der Waals surface area contributed by atoms with Crippen molar-refractivity contribution >= 4 is 23.2 Å². The molecule has 1 atom stereocenters. The summed E-state index contributed by atoms with van der Waals surface area (Å²) in [7, 11) is 1.68. The van der Waals surface area contributed by atoms with E-state index in [4.69, 9.17) is 32.7 Å². The maximum Gasteiger partial charge on any atom is 0.139 e. The number of hydrogen-bond donors (Lipinski definition) is 1. The lowest BCUT2D eigenvalue weighted by Crippen LogP contribution is -2.48. The second-order valence-electron chi connectivity index (χ2n) is 6.96. The van der Waals surface area contributed by atoms with Crippen molar-refractivity contribution in [1.82, 2.24) is 9.80 Å². The number of rotatable bonds is 8. The Labute approximate surface area is 176 Å². The highest BCUT2D eigenvalue weighted by molar-refractivity contribution is 6.34. The fraction of sp³-hybridized carbons (Fsp3) is 0.429. The molecule has 1 heterocycles. The number of benzene rings is 2. The summed E-state index contributed by atoms with van der Waals surface area (Å²) in [6.07, 6.45) is -0.580. The summed E-state index contributed by atoms with van der Waals surface area (Å²) in [5, 5.41) is 11.4. The van der Waals surface area contributed by atoms with Crippen molar-refractivity contribution in [3.05, 3.63) is 58.1 Å². The van der Waals surface area contributed by atoms with Gasteiger partial charge in [-0.3, -0.25) is 9.80 Å². The monoisotopic (exact) mass is 424 g/mol. The molecule has 5 nitrogen and oxygen atoms in total. The van der Waals surface area contributed by atoms with Crippen LogP contribution in [0.5, 0.6) is 11.5 Å². The van der Waals surface area contributed by atoms with Gasteiger partial charge in [0.2, 0.25) is 0 Å². The fourth-order valence-electron chi connectivity index (χ4n) is 3.24. The van der Waals surface area contributed by atoms with Gasteiger partial charge in [-0.2, -0.15) is 0 Å². The molecule has 0 saturated carbocycles. The van der Waals surface area contributed by atoms with E-state index in [2.05, 4.69) is 21.9 Å². The number of piperazine rings is 1. The van der Waals surface area contributed by atoms with Crippen LogP contribution in [0, 0.1) is 0 Å². The zero-order valence-corrected chi connectivity index (χ0v) is 17.5. The van der Waals surface area contributed by atoms with Crippen molar-refractivity contribution in [3.8, 4) is 11.5 Å². The Morgan fingerprint density at radius 2 is 1.68 bits per heavy atom. The molecule has 3 rings (SSSR count). The molecule has 1 N–H and O–H groups in total. The first kappa shape index (κ1) is 21.2. The number of β-amino-alcohol motifs (C(OH)–C–C–N with tert-alkyl or cyclic N) is 1. The van der Waals surface area contributed by atoms with Crippen molar-refractivity contribution in [2.75, 3.05) is 46.4 Å². The van der Waals surface area contributed by atoms with Gasteiger partial charge in [-0.05, 0) is 29.8 Å². The van der Waals surface area contributed by atoms with Crippen LogP contribution in [0.25, 0.3) is 0 Å². The molecule has 0 spiro atoms. The van der Waals surface area contributed by atoms with Gasteiger partial charge in [0.15, 0.2) is 0 Å². The van der Waals surface area contributed by atoms with Crippen LogP contribution >= 0.6 is 23.2 Å². The molecule has 1 saturated heterocycles. The first-order chi connectivity index (χ1) is 13.5. The van der Waals surface area contributed by atoms with E-state index in [9.17, 15) is 5.11 Å². The Bertz CT molecular complexity index is 750. The summed E-state index contributed by atoms with van der Waals surface area (Å²) in [5.74, 6) is 1.38. The molecule has 152 valence electrons. The third kappa shape index (κ3) is 6.26. The molecule has 1 aliphatic rings. The van der Waals surface area contributed by atoms with Crippen LogP contribution < -0.4 is 9.47 Å². The van der Waals surface area contributed by atoms with Crippen molar-refractivity contribution in [2.45, 2.75) is 12.6 Å². The third-order valence-electron chi connectivity index (χ3n) is 4.82. The SMILES string of the molecule is COc1ccc(CN2CCN(CC(O)COc3cc(Cl)ccc3Cl)CC2)cc1.